The molecule has 1 rings (SSSR count). The van der Waals surface area contributed by atoms with E-state index in [0.29, 0.717) is 6.54 Å². The Morgan fingerprint density at radius 2 is 2.00 bits per heavy atom. The molecule has 0 atom stereocenters. The molecule has 0 saturated carbocycles. The molecule has 84 valence electrons. The summed E-state index contributed by atoms with van der Waals surface area (Å²) in [4.78, 5) is 13.8. The van der Waals surface area contributed by atoms with Crippen LogP contribution in [0.5, 0.6) is 0 Å². The minimum Gasteiger partial charge on any atom is -0.341 e. The lowest BCUT2D eigenvalue weighted by molar-refractivity contribution is -0.132. The number of hydrogen-bond donors (Lipinski definition) is 0. The molecule has 0 saturated heterocycles. The van der Waals surface area contributed by atoms with Gasteiger partial charge in [-0.25, -0.2) is 0 Å². The number of rotatable bonds is 6. The van der Waals surface area contributed by atoms with Gasteiger partial charge in [0.25, 0.3) is 0 Å². The van der Waals surface area contributed by atoms with Gasteiger partial charge >= 0.3 is 0 Å². The summed E-state index contributed by atoms with van der Waals surface area (Å²) in [6, 6.07) is 1.83. The third-order valence-corrected chi connectivity index (χ3v) is 2.20. The van der Waals surface area contributed by atoms with Crippen LogP contribution in [-0.4, -0.2) is 33.7 Å². The van der Waals surface area contributed by atoms with Gasteiger partial charge in [0.2, 0.25) is 5.91 Å². The van der Waals surface area contributed by atoms with Gasteiger partial charge in [0.05, 0.1) is 0 Å². The minimum atomic E-state index is 0.155. The van der Waals surface area contributed by atoms with Crippen LogP contribution in [0, 0.1) is 0 Å². The predicted molar refractivity (Wildman–Crippen MR) is 59.4 cm³/mol. The van der Waals surface area contributed by atoms with Crippen molar-refractivity contribution in [3.8, 4) is 0 Å². The Bertz CT molecular complexity index is 276. The maximum absolute atomic E-state index is 11.9. The van der Waals surface area contributed by atoms with Gasteiger partial charge < -0.3 is 4.90 Å². The third kappa shape index (κ3) is 3.73. The summed E-state index contributed by atoms with van der Waals surface area (Å²) >= 11 is 0. The van der Waals surface area contributed by atoms with Gasteiger partial charge in [-0.2, -0.15) is 5.10 Å². The van der Waals surface area contributed by atoms with Gasteiger partial charge in [0.15, 0.2) is 0 Å². The molecule has 1 amide bonds. The summed E-state index contributed by atoms with van der Waals surface area (Å²) in [6.45, 7) is 6.21. The highest BCUT2D eigenvalue weighted by Crippen LogP contribution is 1.97. The van der Waals surface area contributed by atoms with Crippen molar-refractivity contribution >= 4 is 5.91 Å². The first kappa shape index (κ1) is 11.8. The van der Waals surface area contributed by atoms with Crippen molar-refractivity contribution in [1.82, 2.24) is 14.7 Å². The summed E-state index contributed by atoms with van der Waals surface area (Å²) in [6.07, 6.45) is 5.51. The molecule has 0 spiro atoms. The fraction of sp³-hybridized carbons (Fsp3) is 0.636. The Morgan fingerprint density at radius 1 is 1.33 bits per heavy atom. The molecule has 4 nitrogen and oxygen atoms in total. The van der Waals surface area contributed by atoms with Crippen LogP contribution in [0.3, 0.4) is 0 Å². The van der Waals surface area contributed by atoms with E-state index in [1.54, 1.807) is 10.9 Å². The maximum Gasteiger partial charge on any atom is 0.244 e. The highest BCUT2D eigenvalue weighted by atomic mass is 16.2. The summed E-state index contributed by atoms with van der Waals surface area (Å²) in [5, 5.41) is 4.03. The second-order valence-corrected chi connectivity index (χ2v) is 3.58. The van der Waals surface area contributed by atoms with Crippen molar-refractivity contribution < 1.29 is 4.79 Å². The van der Waals surface area contributed by atoms with E-state index in [2.05, 4.69) is 18.9 Å². The minimum absolute atomic E-state index is 0.155. The fourth-order valence-corrected chi connectivity index (χ4v) is 1.53. The molecule has 4 heteroatoms. The monoisotopic (exact) mass is 209 g/mol. The van der Waals surface area contributed by atoms with E-state index in [0.717, 1.165) is 25.9 Å². The van der Waals surface area contributed by atoms with Crippen molar-refractivity contribution in [3.63, 3.8) is 0 Å². The first-order valence-corrected chi connectivity index (χ1v) is 5.53. The van der Waals surface area contributed by atoms with Gasteiger partial charge in [-0.05, 0) is 18.9 Å². The Balaban J connectivity index is 2.48. The van der Waals surface area contributed by atoms with E-state index >= 15 is 0 Å². The van der Waals surface area contributed by atoms with Crippen molar-refractivity contribution in [2.45, 2.75) is 33.2 Å². The van der Waals surface area contributed by atoms with Gasteiger partial charge in [-0.3, -0.25) is 9.48 Å². The van der Waals surface area contributed by atoms with Crippen molar-refractivity contribution in [3.05, 3.63) is 18.5 Å². The molecular weight excluding hydrogens is 190 g/mol. The first-order chi connectivity index (χ1) is 7.27. The molecule has 0 aromatic carbocycles. The largest absolute Gasteiger partial charge is 0.341 e. The molecular formula is C11H19N3O. The van der Waals surface area contributed by atoms with Gasteiger partial charge in [0.1, 0.15) is 6.54 Å². The summed E-state index contributed by atoms with van der Waals surface area (Å²) in [7, 11) is 0. The quantitative estimate of drug-likeness (QED) is 0.712. The normalized spacial score (nSPS) is 10.3. The predicted octanol–water partition coefficient (Wildman–Crippen LogP) is 1.53. The molecule has 1 aromatic rings. The molecule has 0 aliphatic heterocycles. The molecule has 0 radical (unpaired) electrons. The summed E-state index contributed by atoms with van der Waals surface area (Å²) in [5.41, 5.74) is 0. The average molecular weight is 209 g/mol. The van der Waals surface area contributed by atoms with Crippen LogP contribution in [-0.2, 0) is 11.3 Å². The van der Waals surface area contributed by atoms with Crippen LogP contribution in [0.25, 0.3) is 0 Å². The number of carbonyl (C=O) groups is 1. The average Bonchev–Trinajstić information content (AvgIpc) is 2.70. The Kier molecular flexibility index (Phi) is 4.87. The molecule has 0 unspecified atom stereocenters. The highest BCUT2D eigenvalue weighted by molar-refractivity contribution is 5.75. The lowest BCUT2D eigenvalue weighted by atomic mass is 10.3. The topological polar surface area (TPSA) is 38.1 Å². The van der Waals surface area contributed by atoms with Crippen LogP contribution >= 0.6 is 0 Å². The standard InChI is InChI=1S/C11H19N3O/c1-3-7-13(8-4-2)11(15)10-14-9-5-6-12-14/h5-6,9H,3-4,7-8,10H2,1-2H3. The van der Waals surface area contributed by atoms with Gasteiger partial charge in [-0.1, -0.05) is 13.8 Å². The van der Waals surface area contributed by atoms with Crippen molar-refractivity contribution in [2.24, 2.45) is 0 Å². The molecule has 1 aromatic heterocycles. The van der Waals surface area contributed by atoms with Crippen molar-refractivity contribution in [2.75, 3.05) is 13.1 Å². The second kappa shape index (κ2) is 6.22. The first-order valence-electron chi connectivity index (χ1n) is 5.53. The molecule has 0 N–H and O–H groups in total. The van der Waals surface area contributed by atoms with E-state index < -0.39 is 0 Å². The SMILES string of the molecule is CCCN(CCC)C(=O)Cn1cccn1. The lowest BCUT2D eigenvalue weighted by Crippen LogP contribution is -2.35. The van der Waals surface area contributed by atoms with Crippen LogP contribution in [0.15, 0.2) is 18.5 Å². The number of nitrogens with zero attached hydrogens (tertiary/aromatic N) is 3. The molecule has 15 heavy (non-hydrogen) atoms. The van der Waals surface area contributed by atoms with Crippen LogP contribution in [0.2, 0.25) is 0 Å². The molecule has 0 fully saturated rings. The maximum atomic E-state index is 11.9. The number of hydrogen-bond acceptors (Lipinski definition) is 2. The highest BCUT2D eigenvalue weighted by Gasteiger charge is 2.11. The molecule has 0 aliphatic carbocycles. The Labute approximate surface area is 90.9 Å². The molecule has 0 bridgehead atoms. The Morgan fingerprint density at radius 3 is 2.47 bits per heavy atom. The fourth-order valence-electron chi connectivity index (χ4n) is 1.53. The lowest BCUT2D eigenvalue weighted by Gasteiger charge is -2.21. The summed E-state index contributed by atoms with van der Waals surface area (Å²) in [5.74, 6) is 0.155. The van der Waals surface area contributed by atoms with E-state index in [-0.39, 0.29) is 5.91 Å². The van der Waals surface area contributed by atoms with Gasteiger partial charge in [0, 0.05) is 25.5 Å². The Hall–Kier alpha value is -1.32. The van der Waals surface area contributed by atoms with Gasteiger partial charge in [-0.15, -0.1) is 0 Å². The number of amides is 1. The zero-order valence-electron chi connectivity index (χ0n) is 9.52. The number of carbonyl (C=O) groups excluding carboxylic acids is 1. The molecule has 1 heterocycles. The van der Waals surface area contributed by atoms with Crippen LogP contribution in [0.1, 0.15) is 26.7 Å². The van der Waals surface area contributed by atoms with E-state index in [9.17, 15) is 4.79 Å². The third-order valence-electron chi connectivity index (χ3n) is 2.20. The zero-order chi connectivity index (χ0) is 11.1. The van der Waals surface area contributed by atoms with E-state index in [1.165, 1.54) is 0 Å². The molecule has 0 aliphatic rings. The van der Waals surface area contributed by atoms with E-state index in [4.69, 9.17) is 0 Å². The van der Waals surface area contributed by atoms with Crippen LogP contribution in [0.4, 0.5) is 0 Å². The summed E-state index contributed by atoms with van der Waals surface area (Å²) < 4.78 is 1.67. The zero-order valence-corrected chi connectivity index (χ0v) is 9.52. The number of aromatic nitrogens is 2. The van der Waals surface area contributed by atoms with E-state index in [1.807, 2.05) is 17.2 Å². The smallest absolute Gasteiger partial charge is 0.244 e. The second-order valence-electron chi connectivity index (χ2n) is 3.58. The van der Waals surface area contributed by atoms with Crippen molar-refractivity contribution in [1.29, 1.82) is 0 Å². The van der Waals surface area contributed by atoms with Crippen LogP contribution < -0.4 is 0 Å².